The van der Waals surface area contributed by atoms with E-state index < -0.39 is 5.97 Å². The van der Waals surface area contributed by atoms with Gasteiger partial charge >= 0.3 is 5.97 Å². The van der Waals surface area contributed by atoms with Gasteiger partial charge in [0.2, 0.25) is 0 Å². The maximum atomic E-state index is 11.1. The van der Waals surface area contributed by atoms with E-state index in [-0.39, 0.29) is 5.56 Å². The molecule has 2 heterocycles. The molecule has 1 aromatic carbocycles. The summed E-state index contributed by atoms with van der Waals surface area (Å²) in [6.07, 6.45) is 1.59. The fourth-order valence-electron chi connectivity index (χ4n) is 2.08. The third kappa shape index (κ3) is 2.10. The summed E-state index contributed by atoms with van der Waals surface area (Å²) in [5.74, 6) is -0.235. The molecule has 0 saturated heterocycles. The van der Waals surface area contributed by atoms with Crippen LogP contribution in [0, 0.1) is 6.92 Å². The van der Waals surface area contributed by atoms with Crippen molar-refractivity contribution in [2.45, 2.75) is 6.92 Å². The number of carboxylic acids is 1. The first-order valence-electron chi connectivity index (χ1n) is 6.04. The summed E-state index contributed by atoms with van der Waals surface area (Å²) in [6, 6.07) is 11.3. The van der Waals surface area contributed by atoms with Crippen LogP contribution < -0.4 is 0 Å². The number of aromatic nitrogens is 2. The molecule has 1 N–H and O–H groups in total. The van der Waals surface area contributed by atoms with Gasteiger partial charge in [-0.15, -0.1) is 0 Å². The van der Waals surface area contributed by atoms with Crippen LogP contribution >= 0.6 is 15.9 Å². The van der Waals surface area contributed by atoms with E-state index in [0.29, 0.717) is 4.60 Å². The lowest BCUT2D eigenvalue weighted by Crippen LogP contribution is -1.99. The zero-order chi connectivity index (χ0) is 14.3. The molecule has 0 aliphatic carbocycles. The second-order valence-electron chi connectivity index (χ2n) is 4.57. The Morgan fingerprint density at radius 2 is 1.90 bits per heavy atom. The van der Waals surface area contributed by atoms with Gasteiger partial charge in [0.05, 0.1) is 11.1 Å². The van der Waals surface area contributed by atoms with E-state index in [4.69, 9.17) is 5.11 Å². The first-order chi connectivity index (χ1) is 9.56. The van der Waals surface area contributed by atoms with Crippen molar-refractivity contribution in [1.29, 1.82) is 0 Å². The molecule has 2 aromatic heterocycles. The minimum absolute atomic E-state index is 0.232. The molecule has 3 aromatic rings. The van der Waals surface area contributed by atoms with Crippen molar-refractivity contribution in [3.8, 4) is 11.4 Å². The molecule has 0 fully saturated rings. The topological polar surface area (TPSA) is 54.6 Å². The number of fused-ring (bicyclic) bond motifs is 1. The summed E-state index contributed by atoms with van der Waals surface area (Å²) in [4.78, 5) is 15.6. The van der Waals surface area contributed by atoms with E-state index in [9.17, 15) is 4.79 Å². The normalized spacial score (nSPS) is 10.9. The Balaban J connectivity index is 2.27. The summed E-state index contributed by atoms with van der Waals surface area (Å²) in [5.41, 5.74) is 3.18. The van der Waals surface area contributed by atoms with Crippen LogP contribution in [-0.2, 0) is 0 Å². The number of nitrogens with zero attached hydrogens (tertiary/aromatic N) is 2. The number of halogens is 1. The van der Waals surface area contributed by atoms with Crippen LogP contribution in [-0.4, -0.2) is 20.5 Å². The zero-order valence-corrected chi connectivity index (χ0v) is 12.3. The van der Waals surface area contributed by atoms with Crippen LogP contribution in [0.3, 0.4) is 0 Å². The Labute approximate surface area is 123 Å². The molecule has 0 radical (unpaired) electrons. The van der Waals surface area contributed by atoms with Gasteiger partial charge in [0, 0.05) is 11.8 Å². The molecule has 0 spiro atoms. The number of imidazole rings is 1. The van der Waals surface area contributed by atoms with Crippen LogP contribution in [0.1, 0.15) is 15.9 Å². The number of aromatic carboxylic acids is 1. The predicted octanol–water partition coefficient (Wildman–Crippen LogP) is 3.77. The van der Waals surface area contributed by atoms with Crippen LogP contribution in [0.4, 0.5) is 0 Å². The molecule has 0 amide bonds. The number of pyridine rings is 1. The van der Waals surface area contributed by atoms with Crippen molar-refractivity contribution >= 4 is 27.4 Å². The minimum atomic E-state index is -0.952. The van der Waals surface area contributed by atoms with Gasteiger partial charge < -0.3 is 5.11 Å². The Morgan fingerprint density at radius 3 is 2.55 bits per heavy atom. The summed E-state index contributed by atoms with van der Waals surface area (Å²) in [6.45, 7) is 2.02. The van der Waals surface area contributed by atoms with Crippen molar-refractivity contribution in [2.75, 3.05) is 0 Å². The molecule has 4 nitrogen and oxygen atoms in total. The first-order valence-corrected chi connectivity index (χ1v) is 6.83. The van der Waals surface area contributed by atoms with E-state index in [0.717, 1.165) is 16.9 Å². The molecule has 20 heavy (non-hydrogen) atoms. The molecule has 0 aliphatic heterocycles. The summed E-state index contributed by atoms with van der Waals surface area (Å²) in [5, 5.41) is 9.10. The average Bonchev–Trinajstić information content (AvgIpc) is 2.76. The van der Waals surface area contributed by atoms with Gasteiger partial charge in [-0.2, -0.15) is 0 Å². The van der Waals surface area contributed by atoms with Crippen molar-refractivity contribution < 1.29 is 9.90 Å². The van der Waals surface area contributed by atoms with Gasteiger partial charge in [-0.05, 0) is 35.0 Å². The Bertz CT molecular complexity index is 807. The highest BCUT2D eigenvalue weighted by Gasteiger charge is 2.13. The fourth-order valence-corrected chi connectivity index (χ4v) is 2.57. The summed E-state index contributed by atoms with van der Waals surface area (Å²) < 4.78 is 2.49. The molecular weight excluding hydrogens is 320 g/mol. The van der Waals surface area contributed by atoms with Gasteiger partial charge in [-0.3, -0.25) is 4.40 Å². The van der Waals surface area contributed by atoms with Crippen LogP contribution in [0.2, 0.25) is 0 Å². The second-order valence-corrected chi connectivity index (χ2v) is 5.32. The third-order valence-corrected chi connectivity index (χ3v) is 3.73. The van der Waals surface area contributed by atoms with Crippen molar-refractivity contribution in [3.63, 3.8) is 0 Å². The molecule has 5 heteroatoms. The van der Waals surface area contributed by atoms with E-state index in [1.54, 1.807) is 22.7 Å². The van der Waals surface area contributed by atoms with Crippen LogP contribution in [0.25, 0.3) is 16.9 Å². The van der Waals surface area contributed by atoms with Crippen LogP contribution in [0.15, 0.2) is 47.2 Å². The maximum absolute atomic E-state index is 11.1. The lowest BCUT2D eigenvalue weighted by atomic mass is 10.1. The van der Waals surface area contributed by atoms with Crippen molar-refractivity contribution in [2.24, 2.45) is 0 Å². The first kappa shape index (κ1) is 12.9. The van der Waals surface area contributed by atoms with Crippen molar-refractivity contribution in [1.82, 2.24) is 9.38 Å². The van der Waals surface area contributed by atoms with Gasteiger partial charge in [0.25, 0.3) is 0 Å². The molecule has 0 atom stereocenters. The Hall–Kier alpha value is -2.14. The third-order valence-electron chi connectivity index (χ3n) is 3.15. The number of rotatable bonds is 2. The number of hydrogen-bond acceptors (Lipinski definition) is 2. The highest BCUT2D eigenvalue weighted by Crippen LogP contribution is 2.26. The highest BCUT2D eigenvalue weighted by atomic mass is 79.9. The Kier molecular flexibility index (Phi) is 3.06. The van der Waals surface area contributed by atoms with E-state index in [1.807, 2.05) is 31.2 Å². The number of carbonyl (C=O) groups is 1. The highest BCUT2D eigenvalue weighted by molar-refractivity contribution is 9.10. The standard InChI is InChI=1S/C15H11BrN2O2/c1-9-2-4-10(5-3-9)14-17-13(16)12-7-6-11(15(19)20)8-18(12)14/h2-8H,1H3,(H,19,20). The van der Waals surface area contributed by atoms with Gasteiger partial charge in [-0.25, -0.2) is 9.78 Å². The number of carboxylic acid groups (broad SMARTS) is 1. The smallest absolute Gasteiger partial charge is 0.337 e. The number of hydrogen-bond donors (Lipinski definition) is 1. The molecule has 3 rings (SSSR count). The van der Waals surface area contributed by atoms with Crippen molar-refractivity contribution in [3.05, 3.63) is 58.3 Å². The lowest BCUT2D eigenvalue weighted by Gasteiger charge is -2.03. The fraction of sp³-hybridized carbons (Fsp3) is 0.0667. The Morgan fingerprint density at radius 1 is 1.20 bits per heavy atom. The quantitative estimate of drug-likeness (QED) is 0.778. The van der Waals surface area contributed by atoms with Gasteiger partial charge in [0.1, 0.15) is 10.4 Å². The van der Waals surface area contributed by atoms with Gasteiger partial charge in [0.15, 0.2) is 0 Å². The SMILES string of the molecule is Cc1ccc(-c2nc(Br)c3ccc(C(=O)O)cn23)cc1. The summed E-state index contributed by atoms with van der Waals surface area (Å²) >= 11 is 3.41. The zero-order valence-electron chi connectivity index (χ0n) is 10.7. The van der Waals surface area contributed by atoms with Gasteiger partial charge in [-0.1, -0.05) is 29.8 Å². The summed E-state index contributed by atoms with van der Waals surface area (Å²) in [7, 11) is 0. The maximum Gasteiger partial charge on any atom is 0.337 e. The average molecular weight is 331 g/mol. The molecule has 100 valence electrons. The molecule has 0 saturated carbocycles. The molecule has 0 unspecified atom stereocenters. The van der Waals surface area contributed by atoms with Crippen LogP contribution in [0.5, 0.6) is 0 Å². The molecule has 0 bridgehead atoms. The van der Waals surface area contributed by atoms with E-state index >= 15 is 0 Å². The number of benzene rings is 1. The van der Waals surface area contributed by atoms with E-state index in [1.165, 1.54) is 5.56 Å². The predicted molar refractivity (Wildman–Crippen MR) is 80.0 cm³/mol. The molecular formula is C15H11BrN2O2. The largest absolute Gasteiger partial charge is 0.478 e. The van der Waals surface area contributed by atoms with E-state index in [2.05, 4.69) is 20.9 Å². The lowest BCUT2D eigenvalue weighted by molar-refractivity contribution is 0.0696. The molecule has 0 aliphatic rings. The second kappa shape index (κ2) is 4.76. The minimum Gasteiger partial charge on any atom is -0.478 e. The number of aryl methyl sites for hydroxylation is 1. The monoisotopic (exact) mass is 330 g/mol.